The fourth-order valence-electron chi connectivity index (χ4n) is 3.14. The maximum Gasteiger partial charge on any atom is 0.300 e. The minimum atomic E-state index is -0.170. The second-order valence-electron chi connectivity index (χ2n) is 7.14. The van der Waals surface area contributed by atoms with Gasteiger partial charge in [0.05, 0.1) is 0 Å². The highest BCUT2D eigenvalue weighted by Gasteiger charge is 2.13. The Morgan fingerprint density at radius 2 is 1.68 bits per heavy atom. The van der Waals surface area contributed by atoms with Crippen LogP contribution >= 0.6 is 11.8 Å². The van der Waals surface area contributed by atoms with Gasteiger partial charge in [-0.2, -0.15) is 0 Å². The molecular formula is C22H22N4OS. The van der Waals surface area contributed by atoms with E-state index in [0.29, 0.717) is 5.65 Å². The lowest BCUT2D eigenvalue weighted by atomic mass is 10.1. The number of benzene rings is 2. The molecule has 0 N–H and O–H groups in total. The molecule has 6 heteroatoms. The number of thioether (sulfide) groups is 1. The maximum absolute atomic E-state index is 12.9. The summed E-state index contributed by atoms with van der Waals surface area (Å²) < 4.78 is 3.39. The second-order valence-corrected chi connectivity index (χ2v) is 8.08. The van der Waals surface area contributed by atoms with Crippen molar-refractivity contribution in [3.05, 3.63) is 87.0 Å². The molecule has 0 saturated carbocycles. The zero-order chi connectivity index (χ0) is 19.8. The zero-order valence-corrected chi connectivity index (χ0v) is 17.2. The number of hydrogen-bond donors (Lipinski definition) is 0. The number of hydrogen-bond acceptors (Lipinski definition) is 4. The Morgan fingerprint density at radius 3 is 2.46 bits per heavy atom. The molecule has 5 nitrogen and oxygen atoms in total. The molecule has 0 atom stereocenters. The second kappa shape index (κ2) is 7.28. The van der Waals surface area contributed by atoms with Gasteiger partial charge < -0.3 is 0 Å². The maximum atomic E-state index is 12.9. The molecule has 0 bridgehead atoms. The van der Waals surface area contributed by atoms with Crippen molar-refractivity contribution < 1.29 is 0 Å². The van der Waals surface area contributed by atoms with Crippen molar-refractivity contribution in [1.82, 2.24) is 19.2 Å². The third-order valence-electron chi connectivity index (χ3n) is 5.07. The quantitative estimate of drug-likeness (QED) is 0.485. The van der Waals surface area contributed by atoms with Crippen molar-refractivity contribution in [3.8, 4) is 5.69 Å². The standard InChI is InChI=1S/C22H22N4OS/c1-14-5-6-16(3)18(11-14)13-28-22-24-23-20-21(27)25(9-10-26(20)22)19-8-7-15(2)17(4)12-19/h5-12H,13H2,1-4H3. The molecule has 0 radical (unpaired) electrons. The average Bonchev–Trinajstić information content (AvgIpc) is 3.09. The van der Waals surface area contributed by atoms with Gasteiger partial charge in [0.15, 0.2) is 5.16 Å². The SMILES string of the molecule is Cc1ccc(C)c(CSc2nnc3c(=O)n(-c4ccc(C)c(C)c4)ccn23)c1. The molecule has 142 valence electrons. The predicted octanol–water partition coefficient (Wildman–Crippen LogP) is 4.41. The lowest BCUT2D eigenvalue weighted by Gasteiger charge is -2.09. The van der Waals surface area contributed by atoms with E-state index in [2.05, 4.69) is 49.2 Å². The van der Waals surface area contributed by atoms with E-state index < -0.39 is 0 Å². The first-order valence-electron chi connectivity index (χ1n) is 9.17. The zero-order valence-electron chi connectivity index (χ0n) is 16.4. The highest BCUT2D eigenvalue weighted by atomic mass is 32.2. The van der Waals surface area contributed by atoms with Gasteiger partial charge in [-0.25, -0.2) is 0 Å². The number of nitrogens with zero attached hydrogens (tertiary/aromatic N) is 4. The molecule has 2 heterocycles. The van der Waals surface area contributed by atoms with E-state index in [-0.39, 0.29) is 5.56 Å². The van der Waals surface area contributed by atoms with Gasteiger partial charge in [-0.3, -0.25) is 13.8 Å². The highest BCUT2D eigenvalue weighted by Crippen LogP contribution is 2.24. The van der Waals surface area contributed by atoms with Crippen molar-refractivity contribution in [2.75, 3.05) is 0 Å². The fraction of sp³-hybridized carbons (Fsp3) is 0.227. The molecule has 4 rings (SSSR count). The fourth-order valence-corrected chi connectivity index (χ4v) is 4.12. The molecule has 0 aliphatic carbocycles. The summed E-state index contributed by atoms with van der Waals surface area (Å²) in [7, 11) is 0. The topological polar surface area (TPSA) is 52.2 Å². The Balaban J connectivity index is 1.67. The van der Waals surface area contributed by atoms with Gasteiger partial charge in [-0.05, 0) is 62.1 Å². The van der Waals surface area contributed by atoms with Gasteiger partial charge in [-0.15, -0.1) is 10.2 Å². The van der Waals surface area contributed by atoms with Crippen LogP contribution in [0.3, 0.4) is 0 Å². The Bertz CT molecular complexity index is 1240. The van der Waals surface area contributed by atoms with E-state index in [1.165, 1.54) is 22.3 Å². The average molecular weight is 391 g/mol. The van der Waals surface area contributed by atoms with Gasteiger partial charge in [0.25, 0.3) is 0 Å². The number of fused-ring (bicyclic) bond motifs is 1. The highest BCUT2D eigenvalue weighted by molar-refractivity contribution is 7.98. The van der Waals surface area contributed by atoms with Crippen molar-refractivity contribution in [2.45, 2.75) is 38.6 Å². The largest absolute Gasteiger partial charge is 0.300 e. The molecule has 2 aromatic carbocycles. The van der Waals surface area contributed by atoms with Gasteiger partial charge in [0.2, 0.25) is 5.65 Å². The lowest BCUT2D eigenvalue weighted by Crippen LogP contribution is -2.20. The van der Waals surface area contributed by atoms with E-state index in [9.17, 15) is 4.79 Å². The monoisotopic (exact) mass is 390 g/mol. The molecular weight excluding hydrogens is 368 g/mol. The Kier molecular flexibility index (Phi) is 4.81. The molecule has 28 heavy (non-hydrogen) atoms. The van der Waals surface area contributed by atoms with Crippen molar-refractivity contribution in [3.63, 3.8) is 0 Å². The third kappa shape index (κ3) is 3.36. The van der Waals surface area contributed by atoms with Crippen LogP contribution in [-0.4, -0.2) is 19.2 Å². The van der Waals surface area contributed by atoms with Crippen LogP contribution < -0.4 is 5.56 Å². The Morgan fingerprint density at radius 1 is 0.893 bits per heavy atom. The van der Waals surface area contributed by atoms with E-state index in [4.69, 9.17) is 0 Å². The summed E-state index contributed by atoms with van der Waals surface area (Å²) in [6.07, 6.45) is 3.64. The molecule has 0 unspecified atom stereocenters. The molecule has 4 aromatic rings. The summed E-state index contributed by atoms with van der Waals surface area (Å²) in [4.78, 5) is 12.9. The van der Waals surface area contributed by atoms with Crippen LogP contribution in [0.15, 0.2) is 58.7 Å². The first-order chi connectivity index (χ1) is 13.4. The van der Waals surface area contributed by atoms with Gasteiger partial charge in [0, 0.05) is 23.8 Å². The summed E-state index contributed by atoms with van der Waals surface area (Å²) in [5, 5.41) is 9.13. The first kappa shape index (κ1) is 18.5. The van der Waals surface area contributed by atoms with Crippen LogP contribution in [0.4, 0.5) is 0 Å². The van der Waals surface area contributed by atoms with Crippen LogP contribution in [-0.2, 0) is 5.75 Å². The number of aryl methyl sites for hydroxylation is 4. The van der Waals surface area contributed by atoms with Crippen molar-refractivity contribution in [2.24, 2.45) is 0 Å². The van der Waals surface area contributed by atoms with Crippen LogP contribution in [0.2, 0.25) is 0 Å². The normalized spacial score (nSPS) is 11.3. The summed E-state index contributed by atoms with van der Waals surface area (Å²) in [5.74, 6) is 0.786. The van der Waals surface area contributed by atoms with Gasteiger partial charge in [-0.1, -0.05) is 41.6 Å². The lowest BCUT2D eigenvalue weighted by molar-refractivity contribution is 0.892. The molecule has 0 aliphatic rings. The minimum absolute atomic E-state index is 0.170. The van der Waals surface area contributed by atoms with E-state index in [1.54, 1.807) is 26.9 Å². The summed E-state index contributed by atoms with van der Waals surface area (Å²) in [6.45, 7) is 8.30. The van der Waals surface area contributed by atoms with E-state index >= 15 is 0 Å². The first-order valence-corrected chi connectivity index (χ1v) is 10.2. The number of aromatic nitrogens is 4. The minimum Gasteiger partial charge on any atom is -0.280 e. The predicted molar refractivity (Wildman–Crippen MR) is 114 cm³/mol. The van der Waals surface area contributed by atoms with Crippen molar-refractivity contribution in [1.29, 1.82) is 0 Å². The summed E-state index contributed by atoms with van der Waals surface area (Å²) in [6, 6.07) is 12.4. The van der Waals surface area contributed by atoms with Gasteiger partial charge >= 0.3 is 5.56 Å². The molecule has 0 spiro atoms. The van der Waals surface area contributed by atoms with E-state index in [0.717, 1.165) is 22.2 Å². The van der Waals surface area contributed by atoms with Crippen molar-refractivity contribution >= 4 is 17.4 Å². The molecule has 0 amide bonds. The smallest absolute Gasteiger partial charge is 0.280 e. The molecule has 0 aliphatic heterocycles. The molecule has 0 fully saturated rings. The van der Waals surface area contributed by atoms with Crippen LogP contribution in [0.1, 0.15) is 27.8 Å². The van der Waals surface area contributed by atoms with E-state index in [1.807, 2.05) is 31.3 Å². The summed E-state index contributed by atoms with van der Waals surface area (Å²) >= 11 is 1.59. The van der Waals surface area contributed by atoms with Crippen LogP contribution in [0, 0.1) is 27.7 Å². The Hall–Kier alpha value is -2.86. The van der Waals surface area contributed by atoms with Crippen LogP contribution in [0.5, 0.6) is 0 Å². The Labute approximate surface area is 168 Å². The molecule has 0 saturated heterocycles. The number of rotatable bonds is 4. The van der Waals surface area contributed by atoms with Crippen LogP contribution in [0.25, 0.3) is 11.3 Å². The molecule has 2 aromatic heterocycles. The van der Waals surface area contributed by atoms with Gasteiger partial charge in [0.1, 0.15) is 0 Å². The summed E-state index contributed by atoms with van der Waals surface area (Å²) in [5.41, 5.74) is 7.11. The third-order valence-corrected chi connectivity index (χ3v) is 6.06.